The Balaban J connectivity index is 2.75. The van der Waals surface area contributed by atoms with E-state index in [1.54, 1.807) is 0 Å². The van der Waals surface area contributed by atoms with Crippen LogP contribution in [0.4, 0.5) is 14.5 Å². The molecule has 0 aliphatic heterocycles. The molecule has 3 N–H and O–H groups in total. The number of rotatable bonds is 4. The molecule has 1 atom stereocenters. The molecule has 0 fully saturated rings. The molecule has 0 aromatic heterocycles. The summed E-state index contributed by atoms with van der Waals surface area (Å²) in [6, 6.07) is 1.49. The van der Waals surface area contributed by atoms with Crippen LogP contribution in [0.1, 0.15) is 10.4 Å². The molecule has 0 spiro atoms. The van der Waals surface area contributed by atoms with E-state index in [9.17, 15) is 17.8 Å². The first kappa shape index (κ1) is 13.6. The summed E-state index contributed by atoms with van der Waals surface area (Å²) in [5, 5.41) is 2.37. The third kappa shape index (κ3) is 3.77. The highest BCUT2D eigenvalue weighted by Gasteiger charge is 2.14. The van der Waals surface area contributed by atoms with E-state index in [1.165, 1.54) is 6.26 Å². The van der Waals surface area contributed by atoms with E-state index in [4.69, 9.17) is 5.73 Å². The zero-order valence-electron chi connectivity index (χ0n) is 9.13. The van der Waals surface area contributed by atoms with Gasteiger partial charge in [-0.3, -0.25) is 9.00 Å². The summed E-state index contributed by atoms with van der Waals surface area (Å²) in [6.07, 6.45) is 1.49. The van der Waals surface area contributed by atoms with Gasteiger partial charge in [-0.2, -0.15) is 0 Å². The van der Waals surface area contributed by atoms with Gasteiger partial charge < -0.3 is 11.1 Å². The molecule has 0 aliphatic carbocycles. The van der Waals surface area contributed by atoms with Gasteiger partial charge in [-0.05, 0) is 6.07 Å². The molecule has 1 rings (SSSR count). The number of halogens is 2. The molecule has 1 unspecified atom stereocenters. The first-order chi connectivity index (χ1) is 7.91. The molecule has 0 heterocycles. The van der Waals surface area contributed by atoms with Crippen LogP contribution in [0, 0.1) is 11.6 Å². The van der Waals surface area contributed by atoms with Gasteiger partial charge in [-0.25, -0.2) is 8.78 Å². The van der Waals surface area contributed by atoms with E-state index >= 15 is 0 Å². The highest BCUT2D eigenvalue weighted by atomic mass is 32.2. The van der Waals surface area contributed by atoms with Crippen molar-refractivity contribution in [1.82, 2.24) is 5.32 Å². The van der Waals surface area contributed by atoms with E-state index in [2.05, 4.69) is 5.32 Å². The van der Waals surface area contributed by atoms with Gasteiger partial charge in [0.1, 0.15) is 11.6 Å². The molecule has 0 saturated heterocycles. The Hall–Kier alpha value is -1.50. The number of hydrogen-bond acceptors (Lipinski definition) is 3. The minimum Gasteiger partial charge on any atom is -0.396 e. The van der Waals surface area contributed by atoms with E-state index in [0.717, 1.165) is 6.07 Å². The standard InChI is InChI=1S/C10H12F2N2O2S/c1-17(16)3-2-14-10(15)6-4-9(13)8(12)5-7(6)11/h4-5H,2-3,13H2,1H3,(H,14,15). The second-order valence-corrected chi connectivity index (χ2v) is 4.94. The monoisotopic (exact) mass is 262 g/mol. The molecule has 0 saturated carbocycles. The van der Waals surface area contributed by atoms with Crippen LogP contribution in [0.2, 0.25) is 0 Å². The van der Waals surface area contributed by atoms with Gasteiger partial charge in [0, 0.05) is 35.4 Å². The van der Waals surface area contributed by atoms with Gasteiger partial charge in [0.15, 0.2) is 0 Å². The summed E-state index contributed by atoms with van der Waals surface area (Å²) < 4.78 is 36.8. The van der Waals surface area contributed by atoms with Crippen molar-refractivity contribution in [3.8, 4) is 0 Å². The van der Waals surface area contributed by atoms with Crippen molar-refractivity contribution >= 4 is 22.4 Å². The third-order valence-corrected chi connectivity index (χ3v) is 2.79. The smallest absolute Gasteiger partial charge is 0.254 e. The van der Waals surface area contributed by atoms with Gasteiger partial charge in [0.25, 0.3) is 5.91 Å². The summed E-state index contributed by atoms with van der Waals surface area (Å²) in [4.78, 5) is 11.5. The number of nitrogen functional groups attached to an aromatic ring is 1. The topological polar surface area (TPSA) is 72.2 Å². The SMILES string of the molecule is CS(=O)CCNC(=O)c1cc(N)c(F)cc1F. The molecule has 0 radical (unpaired) electrons. The molecule has 94 valence electrons. The zero-order chi connectivity index (χ0) is 13.0. The first-order valence-electron chi connectivity index (χ1n) is 4.74. The van der Waals surface area contributed by atoms with Gasteiger partial charge in [-0.1, -0.05) is 0 Å². The predicted molar refractivity (Wildman–Crippen MR) is 62.0 cm³/mol. The Morgan fingerprint density at radius 3 is 2.65 bits per heavy atom. The predicted octanol–water partition coefficient (Wildman–Crippen LogP) is 0.655. The summed E-state index contributed by atoms with van der Waals surface area (Å²) in [7, 11) is -1.04. The van der Waals surface area contributed by atoms with Crippen molar-refractivity contribution in [3.05, 3.63) is 29.3 Å². The molecule has 0 bridgehead atoms. The lowest BCUT2D eigenvalue weighted by Gasteiger charge is -2.06. The van der Waals surface area contributed by atoms with Crippen LogP contribution in [-0.2, 0) is 10.8 Å². The van der Waals surface area contributed by atoms with E-state index < -0.39 is 28.3 Å². The fraction of sp³-hybridized carbons (Fsp3) is 0.300. The van der Waals surface area contributed by atoms with Crippen LogP contribution in [0.3, 0.4) is 0 Å². The second kappa shape index (κ2) is 5.72. The average Bonchev–Trinajstić information content (AvgIpc) is 2.22. The number of benzene rings is 1. The van der Waals surface area contributed by atoms with Crippen molar-refractivity contribution in [2.45, 2.75) is 0 Å². The van der Waals surface area contributed by atoms with Crippen LogP contribution in [0.5, 0.6) is 0 Å². The summed E-state index contributed by atoms with van der Waals surface area (Å²) in [6.45, 7) is 0.151. The molecule has 1 aromatic carbocycles. The van der Waals surface area contributed by atoms with Crippen LogP contribution < -0.4 is 11.1 Å². The number of nitrogens with two attached hydrogens (primary N) is 1. The lowest BCUT2D eigenvalue weighted by molar-refractivity contribution is 0.0952. The van der Waals surface area contributed by atoms with E-state index in [0.29, 0.717) is 6.07 Å². The normalized spacial score (nSPS) is 12.2. The molecule has 1 amide bonds. The molecule has 1 aromatic rings. The Morgan fingerprint density at radius 1 is 1.41 bits per heavy atom. The number of nitrogens with one attached hydrogen (secondary N) is 1. The van der Waals surface area contributed by atoms with Crippen molar-refractivity contribution in [2.75, 3.05) is 24.3 Å². The van der Waals surface area contributed by atoms with Gasteiger partial charge in [-0.15, -0.1) is 0 Å². The Labute approximate surface area is 99.6 Å². The van der Waals surface area contributed by atoms with Crippen molar-refractivity contribution in [3.63, 3.8) is 0 Å². The van der Waals surface area contributed by atoms with Crippen LogP contribution in [0.25, 0.3) is 0 Å². The van der Waals surface area contributed by atoms with E-state index in [1.807, 2.05) is 0 Å². The zero-order valence-corrected chi connectivity index (χ0v) is 9.94. The lowest BCUT2D eigenvalue weighted by Crippen LogP contribution is -2.28. The van der Waals surface area contributed by atoms with Gasteiger partial charge in [0.05, 0.1) is 11.3 Å². The lowest BCUT2D eigenvalue weighted by atomic mass is 10.1. The number of carbonyl (C=O) groups excluding carboxylic acids is 1. The second-order valence-electron chi connectivity index (χ2n) is 3.39. The largest absolute Gasteiger partial charge is 0.396 e. The average molecular weight is 262 g/mol. The molecule has 4 nitrogen and oxygen atoms in total. The number of carbonyl (C=O) groups is 1. The summed E-state index contributed by atoms with van der Waals surface area (Å²) in [5.74, 6) is -2.33. The van der Waals surface area contributed by atoms with E-state index in [-0.39, 0.29) is 23.5 Å². The van der Waals surface area contributed by atoms with Crippen LogP contribution >= 0.6 is 0 Å². The van der Waals surface area contributed by atoms with Gasteiger partial charge in [0.2, 0.25) is 0 Å². The maximum Gasteiger partial charge on any atom is 0.254 e. The van der Waals surface area contributed by atoms with Crippen molar-refractivity contribution in [1.29, 1.82) is 0 Å². The van der Waals surface area contributed by atoms with Crippen LogP contribution in [0.15, 0.2) is 12.1 Å². The molecule has 17 heavy (non-hydrogen) atoms. The molecular weight excluding hydrogens is 250 g/mol. The number of anilines is 1. The number of amides is 1. The third-order valence-electron chi connectivity index (χ3n) is 2.01. The van der Waals surface area contributed by atoms with Crippen molar-refractivity contribution < 1.29 is 17.8 Å². The summed E-state index contributed by atoms with van der Waals surface area (Å²) in [5.41, 5.74) is 4.61. The fourth-order valence-electron chi connectivity index (χ4n) is 1.14. The maximum absolute atomic E-state index is 13.3. The van der Waals surface area contributed by atoms with Crippen molar-refractivity contribution in [2.24, 2.45) is 0 Å². The highest BCUT2D eigenvalue weighted by Crippen LogP contribution is 2.16. The minimum atomic E-state index is -1.04. The Kier molecular flexibility index (Phi) is 4.56. The Bertz CT molecular complexity index is 466. The highest BCUT2D eigenvalue weighted by molar-refractivity contribution is 7.84. The summed E-state index contributed by atoms with van der Waals surface area (Å²) >= 11 is 0. The maximum atomic E-state index is 13.3. The number of hydrogen-bond donors (Lipinski definition) is 2. The van der Waals surface area contributed by atoms with Crippen LogP contribution in [-0.4, -0.2) is 28.7 Å². The molecular formula is C10H12F2N2O2S. The quantitative estimate of drug-likeness (QED) is 0.783. The molecule has 7 heteroatoms. The first-order valence-corrected chi connectivity index (χ1v) is 6.47. The fourth-order valence-corrected chi connectivity index (χ4v) is 1.53. The molecule has 0 aliphatic rings. The Morgan fingerprint density at radius 2 is 2.06 bits per heavy atom. The minimum absolute atomic E-state index is 0.151. The van der Waals surface area contributed by atoms with Gasteiger partial charge >= 0.3 is 0 Å².